The number of carbonyl (C=O) groups excluding carboxylic acids is 1. The standard InChI is InChI=1S/C10H14O3/c1-6-3-4-8(7(2)5-11)9(6)10(12)13/h3,5,7-9H,4H2,1-2H3,(H,12,13)/t7?,8-,9-/m1/s1. The van der Waals surface area contributed by atoms with Gasteiger partial charge in [0.2, 0.25) is 0 Å². The molecular weight excluding hydrogens is 168 g/mol. The molecule has 0 saturated carbocycles. The van der Waals surface area contributed by atoms with Gasteiger partial charge in [-0.15, -0.1) is 0 Å². The molecule has 3 atom stereocenters. The van der Waals surface area contributed by atoms with Crippen molar-refractivity contribution in [1.82, 2.24) is 0 Å². The van der Waals surface area contributed by atoms with Crippen LogP contribution >= 0.6 is 0 Å². The second-order valence-corrected chi connectivity index (χ2v) is 3.66. The molecule has 1 unspecified atom stereocenters. The van der Waals surface area contributed by atoms with E-state index in [2.05, 4.69) is 0 Å². The maximum Gasteiger partial charge on any atom is 0.310 e. The summed E-state index contributed by atoms with van der Waals surface area (Å²) in [6.45, 7) is 3.59. The first kappa shape index (κ1) is 9.96. The number of hydrogen-bond acceptors (Lipinski definition) is 2. The highest BCUT2D eigenvalue weighted by atomic mass is 16.4. The Balaban J connectivity index is 2.80. The molecule has 3 heteroatoms. The van der Waals surface area contributed by atoms with Crippen molar-refractivity contribution in [2.45, 2.75) is 20.3 Å². The van der Waals surface area contributed by atoms with Gasteiger partial charge in [0.15, 0.2) is 0 Å². The summed E-state index contributed by atoms with van der Waals surface area (Å²) in [5.74, 6) is -1.49. The van der Waals surface area contributed by atoms with Crippen molar-refractivity contribution < 1.29 is 14.7 Å². The molecule has 0 amide bonds. The van der Waals surface area contributed by atoms with Crippen LogP contribution in [0, 0.1) is 17.8 Å². The summed E-state index contributed by atoms with van der Waals surface area (Å²) in [6, 6.07) is 0. The summed E-state index contributed by atoms with van der Waals surface area (Å²) in [4.78, 5) is 21.4. The zero-order valence-electron chi connectivity index (χ0n) is 7.86. The molecule has 1 rings (SSSR count). The number of aldehydes is 1. The van der Waals surface area contributed by atoms with E-state index in [1.807, 2.05) is 13.0 Å². The molecule has 13 heavy (non-hydrogen) atoms. The zero-order chi connectivity index (χ0) is 10.0. The minimum Gasteiger partial charge on any atom is -0.481 e. The molecule has 3 nitrogen and oxygen atoms in total. The molecule has 0 aromatic heterocycles. The fourth-order valence-electron chi connectivity index (χ4n) is 1.92. The summed E-state index contributed by atoms with van der Waals surface area (Å²) in [5, 5.41) is 8.94. The number of carboxylic acids is 1. The van der Waals surface area contributed by atoms with Crippen molar-refractivity contribution in [3.8, 4) is 0 Å². The third kappa shape index (κ3) is 1.79. The maximum absolute atomic E-state index is 10.9. The van der Waals surface area contributed by atoms with E-state index in [1.54, 1.807) is 6.92 Å². The highest BCUT2D eigenvalue weighted by Crippen LogP contribution is 2.36. The number of rotatable bonds is 3. The summed E-state index contributed by atoms with van der Waals surface area (Å²) in [5.41, 5.74) is 0.881. The number of aliphatic carboxylic acids is 1. The van der Waals surface area contributed by atoms with Gasteiger partial charge in [-0.05, 0) is 19.3 Å². The lowest BCUT2D eigenvalue weighted by atomic mass is 9.83. The van der Waals surface area contributed by atoms with Crippen LogP contribution in [0.2, 0.25) is 0 Å². The van der Waals surface area contributed by atoms with Gasteiger partial charge in [-0.25, -0.2) is 0 Å². The van der Waals surface area contributed by atoms with Crippen LogP contribution in [0.15, 0.2) is 11.6 Å². The van der Waals surface area contributed by atoms with Gasteiger partial charge in [-0.2, -0.15) is 0 Å². The monoisotopic (exact) mass is 182 g/mol. The van der Waals surface area contributed by atoms with Crippen LogP contribution in [0.4, 0.5) is 0 Å². The molecule has 0 spiro atoms. The average Bonchev–Trinajstić information content (AvgIpc) is 2.45. The molecule has 0 heterocycles. The SMILES string of the molecule is CC1=CC[C@H](C(C)C=O)[C@@H]1C(=O)O. The van der Waals surface area contributed by atoms with E-state index in [9.17, 15) is 9.59 Å². The Morgan fingerprint density at radius 1 is 1.77 bits per heavy atom. The number of carboxylic acid groups (broad SMARTS) is 1. The topological polar surface area (TPSA) is 54.4 Å². The van der Waals surface area contributed by atoms with Gasteiger partial charge in [0.25, 0.3) is 0 Å². The van der Waals surface area contributed by atoms with Crippen molar-refractivity contribution in [1.29, 1.82) is 0 Å². The number of carbonyl (C=O) groups is 2. The quantitative estimate of drug-likeness (QED) is 0.531. The first-order valence-corrected chi connectivity index (χ1v) is 4.42. The van der Waals surface area contributed by atoms with E-state index in [0.29, 0.717) is 6.42 Å². The first-order chi connectivity index (χ1) is 6.07. The fraction of sp³-hybridized carbons (Fsp3) is 0.600. The van der Waals surface area contributed by atoms with Crippen LogP contribution in [0.1, 0.15) is 20.3 Å². The average molecular weight is 182 g/mol. The Kier molecular flexibility index (Phi) is 2.86. The van der Waals surface area contributed by atoms with Gasteiger partial charge >= 0.3 is 5.97 Å². The lowest BCUT2D eigenvalue weighted by molar-refractivity contribution is -0.142. The number of hydrogen-bond donors (Lipinski definition) is 1. The summed E-state index contributed by atoms with van der Waals surface area (Å²) in [7, 11) is 0. The van der Waals surface area contributed by atoms with E-state index < -0.39 is 11.9 Å². The van der Waals surface area contributed by atoms with E-state index >= 15 is 0 Å². The van der Waals surface area contributed by atoms with Gasteiger partial charge in [0, 0.05) is 5.92 Å². The minimum absolute atomic E-state index is 0.0463. The van der Waals surface area contributed by atoms with Gasteiger partial charge in [0.1, 0.15) is 6.29 Å². The van der Waals surface area contributed by atoms with Crippen molar-refractivity contribution in [3.05, 3.63) is 11.6 Å². The molecule has 72 valence electrons. The third-order valence-corrected chi connectivity index (χ3v) is 2.79. The van der Waals surface area contributed by atoms with Gasteiger partial charge in [0.05, 0.1) is 5.92 Å². The predicted octanol–water partition coefficient (Wildman–Crippen LogP) is 1.49. The fourth-order valence-corrected chi connectivity index (χ4v) is 1.92. The Hall–Kier alpha value is -1.12. The van der Waals surface area contributed by atoms with Crippen molar-refractivity contribution in [3.63, 3.8) is 0 Å². The van der Waals surface area contributed by atoms with Crippen LogP contribution in [0.3, 0.4) is 0 Å². The van der Waals surface area contributed by atoms with E-state index in [0.717, 1.165) is 11.9 Å². The molecule has 1 aliphatic rings. The molecule has 0 aromatic carbocycles. The van der Waals surface area contributed by atoms with Crippen molar-refractivity contribution >= 4 is 12.3 Å². The molecule has 0 saturated heterocycles. The highest BCUT2D eigenvalue weighted by molar-refractivity contribution is 5.75. The minimum atomic E-state index is -0.815. The Bertz CT molecular complexity index is 255. The van der Waals surface area contributed by atoms with Crippen LogP contribution in [-0.4, -0.2) is 17.4 Å². The predicted molar refractivity (Wildman–Crippen MR) is 48.2 cm³/mol. The van der Waals surface area contributed by atoms with Gasteiger partial charge < -0.3 is 9.90 Å². The Morgan fingerprint density at radius 2 is 2.38 bits per heavy atom. The molecule has 0 aromatic rings. The maximum atomic E-state index is 10.9. The smallest absolute Gasteiger partial charge is 0.310 e. The molecule has 0 fully saturated rings. The molecule has 0 aliphatic heterocycles. The molecule has 0 bridgehead atoms. The summed E-state index contributed by atoms with van der Waals surface area (Å²) >= 11 is 0. The Morgan fingerprint density at radius 3 is 2.85 bits per heavy atom. The van der Waals surface area contributed by atoms with Crippen LogP contribution in [0.25, 0.3) is 0 Å². The van der Waals surface area contributed by atoms with Crippen molar-refractivity contribution in [2.24, 2.45) is 17.8 Å². The molecule has 0 radical (unpaired) electrons. The van der Waals surface area contributed by atoms with E-state index in [1.165, 1.54) is 0 Å². The van der Waals surface area contributed by atoms with E-state index in [-0.39, 0.29) is 11.8 Å². The van der Waals surface area contributed by atoms with Gasteiger partial charge in [-0.1, -0.05) is 18.6 Å². The van der Waals surface area contributed by atoms with E-state index in [4.69, 9.17) is 5.11 Å². The third-order valence-electron chi connectivity index (χ3n) is 2.79. The van der Waals surface area contributed by atoms with Crippen LogP contribution in [-0.2, 0) is 9.59 Å². The second-order valence-electron chi connectivity index (χ2n) is 3.66. The normalized spacial score (nSPS) is 29.5. The zero-order valence-corrected chi connectivity index (χ0v) is 7.86. The van der Waals surface area contributed by atoms with Crippen LogP contribution in [0.5, 0.6) is 0 Å². The summed E-state index contributed by atoms with van der Waals surface area (Å²) < 4.78 is 0. The van der Waals surface area contributed by atoms with Crippen molar-refractivity contribution in [2.75, 3.05) is 0 Å². The largest absolute Gasteiger partial charge is 0.481 e. The molecule has 1 N–H and O–H groups in total. The Labute approximate surface area is 77.4 Å². The molecule has 1 aliphatic carbocycles. The number of allylic oxidation sites excluding steroid dienone is 1. The summed E-state index contributed by atoms with van der Waals surface area (Å²) in [6.07, 6.45) is 3.47. The highest BCUT2D eigenvalue weighted by Gasteiger charge is 2.36. The van der Waals surface area contributed by atoms with Gasteiger partial charge in [-0.3, -0.25) is 4.79 Å². The second kappa shape index (κ2) is 3.73. The lowest BCUT2D eigenvalue weighted by Gasteiger charge is -2.20. The molecular formula is C10H14O3. The van der Waals surface area contributed by atoms with Crippen LogP contribution < -0.4 is 0 Å². The first-order valence-electron chi connectivity index (χ1n) is 4.42. The lowest BCUT2D eigenvalue weighted by Crippen LogP contribution is -2.26.